The van der Waals surface area contributed by atoms with Crippen molar-refractivity contribution in [3.63, 3.8) is 0 Å². The van der Waals surface area contributed by atoms with E-state index >= 15 is 0 Å². The molecule has 6 nitrogen and oxygen atoms in total. The first-order chi connectivity index (χ1) is 16.2. The van der Waals surface area contributed by atoms with Gasteiger partial charge < -0.3 is 19.2 Å². The number of benzene rings is 3. The van der Waals surface area contributed by atoms with E-state index in [0.717, 1.165) is 16.6 Å². The molecule has 0 spiro atoms. The standard InChI is InChI=1S/C26H20N2O4S/c1-30-23-10-6-5-9-21(23)27-26-28-22(16-33-26)20-13-18-11-12-19(14-24(18)32-25(20)29)31-15-17-7-3-2-4-8-17/h2-14,16H,15H2,1H3,(H,27,28). The molecule has 0 saturated heterocycles. The smallest absolute Gasteiger partial charge is 0.345 e. The zero-order valence-corrected chi connectivity index (χ0v) is 18.6. The fraction of sp³-hybridized carbons (Fsp3) is 0.0769. The van der Waals surface area contributed by atoms with Crippen molar-refractivity contribution < 1.29 is 13.9 Å². The highest BCUT2D eigenvalue weighted by Crippen LogP contribution is 2.31. The van der Waals surface area contributed by atoms with Gasteiger partial charge in [0.25, 0.3) is 0 Å². The Hall–Kier alpha value is -4.10. The third-order valence-electron chi connectivity index (χ3n) is 5.08. The zero-order valence-electron chi connectivity index (χ0n) is 17.8. The molecule has 0 fully saturated rings. The number of fused-ring (bicyclic) bond motifs is 1. The van der Waals surface area contributed by atoms with Gasteiger partial charge in [-0.1, -0.05) is 42.5 Å². The molecule has 0 aliphatic carbocycles. The monoisotopic (exact) mass is 456 g/mol. The molecule has 0 amide bonds. The highest BCUT2D eigenvalue weighted by Gasteiger charge is 2.13. The third kappa shape index (κ3) is 4.58. The summed E-state index contributed by atoms with van der Waals surface area (Å²) in [5.41, 5.74) is 2.85. The molecule has 0 bridgehead atoms. The Bertz CT molecular complexity index is 1460. The first-order valence-corrected chi connectivity index (χ1v) is 11.2. The molecule has 7 heteroatoms. The van der Waals surface area contributed by atoms with Crippen LogP contribution >= 0.6 is 11.3 Å². The fourth-order valence-corrected chi connectivity index (χ4v) is 4.14. The number of para-hydroxylation sites is 2. The van der Waals surface area contributed by atoms with E-state index < -0.39 is 5.63 Å². The molecule has 0 unspecified atom stereocenters. The van der Waals surface area contributed by atoms with Crippen LogP contribution in [0, 0.1) is 0 Å². The number of hydrogen-bond donors (Lipinski definition) is 1. The predicted molar refractivity (Wildman–Crippen MR) is 131 cm³/mol. The third-order valence-corrected chi connectivity index (χ3v) is 5.84. The van der Waals surface area contributed by atoms with Crippen LogP contribution in [0.25, 0.3) is 22.2 Å². The van der Waals surface area contributed by atoms with Crippen LogP contribution in [0.3, 0.4) is 0 Å². The molecule has 1 N–H and O–H groups in total. The highest BCUT2D eigenvalue weighted by molar-refractivity contribution is 7.14. The van der Waals surface area contributed by atoms with Gasteiger partial charge in [0.2, 0.25) is 0 Å². The summed E-state index contributed by atoms with van der Waals surface area (Å²) in [6.07, 6.45) is 0. The van der Waals surface area contributed by atoms with Gasteiger partial charge in [0, 0.05) is 16.8 Å². The molecule has 2 heterocycles. The lowest BCUT2D eigenvalue weighted by Gasteiger charge is -2.08. The van der Waals surface area contributed by atoms with Crippen molar-refractivity contribution in [2.75, 3.05) is 12.4 Å². The van der Waals surface area contributed by atoms with Crippen LogP contribution in [-0.2, 0) is 6.61 Å². The van der Waals surface area contributed by atoms with Crippen LogP contribution in [0.15, 0.2) is 93.5 Å². The summed E-state index contributed by atoms with van der Waals surface area (Å²) < 4.78 is 16.8. The predicted octanol–water partition coefficient (Wildman–Crippen LogP) is 6.25. The number of nitrogens with one attached hydrogen (secondary N) is 1. The minimum absolute atomic E-state index is 0.407. The second-order valence-corrected chi connectivity index (χ2v) is 8.14. The van der Waals surface area contributed by atoms with Crippen LogP contribution in [0.4, 0.5) is 10.8 Å². The van der Waals surface area contributed by atoms with Gasteiger partial charge in [0.15, 0.2) is 5.13 Å². The Balaban J connectivity index is 1.38. The van der Waals surface area contributed by atoms with Gasteiger partial charge >= 0.3 is 5.63 Å². The average Bonchev–Trinajstić information content (AvgIpc) is 3.31. The van der Waals surface area contributed by atoms with Gasteiger partial charge in [-0.25, -0.2) is 9.78 Å². The van der Waals surface area contributed by atoms with Crippen molar-refractivity contribution in [1.29, 1.82) is 0 Å². The number of anilines is 2. The van der Waals surface area contributed by atoms with E-state index in [4.69, 9.17) is 13.9 Å². The maximum absolute atomic E-state index is 12.7. The maximum Gasteiger partial charge on any atom is 0.345 e. The molecular formula is C26H20N2O4S. The number of rotatable bonds is 7. The Morgan fingerprint density at radius 2 is 1.82 bits per heavy atom. The van der Waals surface area contributed by atoms with Gasteiger partial charge in [-0.05, 0) is 35.9 Å². The second kappa shape index (κ2) is 9.18. The summed E-state index contributed by atoms with van der Waals surface area (Å²) in [7, 11) is 1.62. The molecule has 0 atom stereocenters. The molecule has 2 aromatic heterocycles. The summed E-state index contributed by atoms with van der Waals surface area (Å²) in [5, 5.41) is 6.51. The summed E-state index contributed by atoms with van der Waals surface area (Å²) >= 11 is 1.40. The molecule has 164 valence electrons. The number of methoxy groups -OCH3 is 1. The summed E-state index contributed by atoms with van der Waals surface area (Å²) in [6, 6.07) is 24.8. The first kappa shape index (κ1) is 20.8. The molecule has 0 saturated carbocycles. The summed E-state index contributed by atoms with van der Waals surface area (Å²) in [5.74, 6) is 1.35. The van der Waals surface area contributed by atoms with Crippen molar-refractivity contribution in [3.05, 3.63) is 100 Å². The van der Waals surface area contributed by atoms with Gasteiger partial charge in [0.1, 0.15) is 23.7 Å². The van der Waals surface area contributed by atoms with Crippen LogP contribution in [-0.4, -0.2) is 12.1 Å². The lowest BCUT2D eigenvalue weighted by Crippen LogP contribution is -2.03. The van der Waals surface area contributed by atoms with Gasteiger partial charge in [0.05, 0.1) is 24.1 Å². The van der Waals surface area contributed by atoms with Crippen molar-refractivity contribution in [2.45, 2.75) is 6.61 Å². The second-order valence-electron chi connectivity index (χ2n) is 7.28. The summed E-state index contributed by atoms with van der Waals surface area (Å²) in [4.78, 5) is 17.3. The minimum Gasteiger partial charge on any atom is -0.495 e. The van der Waals surface area contributed by atoms with Crippen LogP contribution in [0.1, 0.15) is 5.56 Å². The van der Waals surface area contributed by atoms with E-state index in [-0.39, 0.29) is 0 Å². The Morgan fingerprint density at radius 1 is 1.00 bits per heavy atom. The van der Waals surface area contributed by atoms with Crippen molar-refractivity contribution in [3.8, 4) is 22.8 Å². The number of hydrogen-bond acceptors (Lipinski definition) is 7. The van der Waals surface area contributed by atoms with Crippen LogP contribution < -0.4 is 20.4 Å². The molecule has 5 aromatic rings. The molecule has 3 aromatic carbocycles. The number of aromatic nitrogens is 1. The van der Waals surface area contributed by atoms with E-state index in [1.807, 2.05) is 72.1 Å². The molecule has 5 rings (SSSR count). The van der Waals surface area contributed by atoms with Crippen molar-refractivity contribution >= 4 is 33.1 Å². The van der Waals surface area contributed by atoms with Gasteiger partial charge in [-0.15, -0.1) is 11.3 Å². The first-order valence-electron chi connectivity index (χ1n) is 10.3. The van der Waals surface area contributed by atoms with Gasteiger partial charge in [-0.3, -0.25) is 0 Å². The Labute approximate surface area is 194 Å². The molecular weight excluding hydrogens is 436 g/mol. The molecule has 0 aliphatic heterocycles. The lowest BCUT2D eigenvalue weighted by molar-refractivity contribution is 0.306. The normalized spacial score (nSPS) is 10.8. The van der Waals surface area contributed by atoms with E-state index in [2.05, 4.69) is 10.3 Å². The quantitative estimate of drug-likeness (QED) is 0.292. The van der Waals surface area contributed by atoms with E-state index in [1.165, 1.54) is 11.3 Å². The van der Waals surface area contributed by atoms with Crippen LogP contribution in [0.5, 0.6) is 11.5 Å². The number of thiazole rings is 1. The SMILES string of the molecule is COc1ccccc1Nc1nc(-c2cc3ccc(OCc4ccccc4)cc3oc2=O)cs1. The Morgan fingerprint density at radius 3 is 2.67 bits per heavy atom. The van der Waals surface area contributed by atoms with Crippen molar-refractivity contribution in [1.82, 2.24) is 4.98 Å². The van der Waals surface area contributed by atoms with E-state index in [1.54, 1.807) is 19.2 Å². The van der Waals surface area contributed by atoms with Crippen LogP contribution in [0.2, 0.25) is 0 Å². The zero-order chi connectivity index (χ0) is 22.6. The van der Waals surface area contributed by atoms with E-state index in [9.17, 15) is 4.79 Å². The largest absolute Gasteiger partial charge is 0.495 e. The molecule has 33 heavy (non-hydrogen) atoms. The fourth-order valence-electron chi connectivity index (χ4n) is 3.42. The van der Waals surface area contributed by atoms with Gasteiger partial charge in [-0.2, -0.15) is 0 Å². The highest BCUT2D eigenvalue weighted by atomic mass is 32.1. The van der Waals surface area contributed by atoms with Crippen molar-refractivity contribution in [2.24, 2.45) is 0 Å². The summed E-state index contributed by atoms with van der Waals surface area (Å²) in [6.45, 7) is 0.440. The minimum atomic E-state index is -0.447. The maximum atomic E-state index is 12.7. The molecule has 0 radical (unpaired) electrons. The number of nitrogens with zero attached hydrogens (tertiary/aromatic N) is 1. The lowest BCUT2D eigenvalue weighted by atomic mass is 10.1. The average molecular weight is 457 g/mol. The number of ether oxygens (including phenoxy) is 2. The Kier molecular flexibility index (Phi) is 5.78. The van der Waals surface area contributed by atoms with E-state index in [0.29, 0.717) is 40.1 Å². The molecule has 0 aliphatic rings. The topological polar surface area (TPSA) is 73.6 Å².